The molecule has 2 fully saturated rings. The van der Waals surface area contributed by atoms with Crippen LogP contribution in [0.15, 0.2) is 0 Å². The van der Waals surface area contributed by atoms with E-state index < -0.39 is 0 Å². The van der Waals surface area contributed by atoms with Crippen molar-refractivity contribution in [1.29, 1.82) is 0 Å². The molecule has 0 bridgehead atoms. The van der Waals surface area contributed by atoms with Crippen LogP contribution in [-0.2, 0) is 0 Å². The smallest absolute Gasteiger partial charge is 0.0166 e. The first-order valence-electron chi connectivity index (χ1n) is 6.38. The highest BCUT2D eigenvalue weighted by molar-refractivity contribution is 7.99. The highest BCUT2D eigenvalue weighted by atomic mass is 32.2. The molecule has 0 spiro atoms. The van der Waals surface area contributed by atoms with Gasteiger partial charge in [-0.15, -0.1) is 0 Å². The molecule has 1 atom stereocenters. The first-order valence-corrected chi connectivity index (χ1v) is 7.53. The molecular weight excluding hydrogens is 204 g/mol. The Morgan fingerprint density at radius 2 is 2.13 bits per heavy atom. The average Bonchev–Trinajstić information content (AvgIpc) is 2.44. The Labute approximate surface area is 98.2 Å². The summed E-state index contributed by atoms with van der Waals surface area (Å²) < 4.78 is 0. The van der Waals surface area contributed by atoms with Crippen molar-refractivity contribution in [3.05, 3.63) is 0 Å². The van der Waals surface area contributed by atoms with Crippen LogP contribution < -0.4 is 5.32 Å². The lowest BCUT2D eigenvalue weighted by molar-refractivity contribution is 0.223. The maximum Gasteiger partial charge on any atom is 0.0166 e. The average molecular weight is 228 g/mol. The van der Waals surface area contributed by atoms with Gasteiger partial charge < -0.3 is 10.2 Å². The van der Waals surface area contributed by atoms with Crippen LogP contribution in [0, 0.1) is 5.92 Å². The second kappa shape index (κ2) is 6.12. The minimum absolute atomic E-state index is 0.686. The summed E-state index contributed by atoms with van der Waals surface area (Å²) in [6, 6.07) is 0.686. The van der Waals surface area contributed by atoms with Crippen LogP contribution in [0.5, 0.6) is 0 Å². The van der Waals surface area contributed by atoms with Crippen molar-refractivity contribution in [2.45, 2.75) is 32.2 Å². The van der Waals surface area contributed by atoms with E-state index in [4.69, 9.17) is 0 Å². The fourth-order valence-corrected chi connectivity index (χ4v) is 3.86. The van der Waals surface area contributed by atoms with E-state index in [1.54, 1.807) is 0 Å². The summed E-state index contributed by atoms with van der Waals surface area (Å²) in [5, 5.41) is 3.57. The molecule has 0 radical (unpaired) electrons. The van der Waals surface area contributed by atoms with Gasteiger partial charge in [0.1, 0.15) is 0 Å². The van der Waals surface area contributed by atoms with Gasteiger partial charge in [0.2, 0.25) is 0 Å². The molecular formula is C12H24N2S. The second-order valence-electron chi connectivity index (χ2n) is 5.02. The third-order valence-corrected chi connectivity index (χ3v) is 4.58. The summed E-state index contributed by atoms with van der Waals surface area (Å²) in [5.41, 5.74) is 0. The van der Waals surface area contributed by atoms with Crippen LogP contribution in [-0.4, -0.2) is 48.6 Å². The molecule has 3 heteroatoms. The van der Waals surface area contributed by atoms with Gasteiger partial charge in [-0.1, -0.05) is 0 Å². The Morgan fingerprint density at radius 1 is 1.33 bits per heavy atom. The lowest BCUT2D eigenvalue weighted by atomic mass is 10.0. The molecule has 1 unspecified atom stereocenters. The standard InChI is InChI=1S/C12H24N2S/c1-11-9-14(6-2-5-13-11)10-12-3-7-15-8-4-12/h11-13H,2-10H2,1H3. The molecule has 2 aliphatic rings. The number of nitrogens with zero attached hydrogens (tertiary/aromatic N) is 1. The van der Waals surface area contributed by atoms with Crippen molar-refractivity contribution in [3.63, 3.8) is 0 Å². The predicted molar refractivity (Wildman–Crippen MR) is 68.6 cm³/mol. The lowest BCUT2D eigenvalue weighted by Gasteiger charge is -2.29. The van der Waals surface area contributed by atoms with Gasteiger partial charge in [-0.25, -0.2) is 0 Å². The zero-order chi connectivity index (χ0) is 10.5. The van der Waals surface area contributed by atoms with Crippen molar-refractivity contribution in [3.8, 4) is 0 Å². The van der Waals surface area contributed by atoms with Crippen LogP contribution in [0.4, 0.5) is 0 Å². The Hall–Kier alpha value is 0.270. The van der Waals surface area contributed by atoms with E-state index in [1.165, 1.54) is 56.9 Å². The van der Waals surface area contributed by atoms with Crippen molar-refractivity contribution >= 4 is 11.8 Å². The number of thioether (sulfide) groups is 1. The summed E-state index contributed by atoms with van der Waals surface area (Å²) in [6.07, 6.45) is 4.22. The molecule has 1 N–H and O–H groups in total. The SMILES string of the molecule is CC1CN(CC2CCSCC2)CCCN1. The first kappa shape index (κ1) is 11.7. The third kappa shape index (κ3) is 3.97. The van der Waals surface area contributed by atoms with E-state index in [0.29, 0.717) is 6.04 Å². The van der Waals surface area contributed by atoms with Crippen LogP contribution in [0.3, 0.4) is 0 Å². The van der Waals surface area contributed by atoms with Crippen LogP contribution in [0.25, 0.3) is 0 Å². The number of hydrogen-bond donors (Lipinski definition) is 1. The summed E-state index contributed by atoms with van der Waals surface area (Å²) in [4.78, 5) is 2.69. The molecule has 2 rings (SSSR count). The van der Waals surface area contributed by atoms with Gasteiger partial charge >= 0.3 is 0 Å². The Kier molecular flexibility index (Phi) is 4.79. The van der Waals surface area contributed by atoms with E-state index in [9.17, 15) is 0 Å². The van der Waals surface area contributed by atoms with Crippen LogP contribution in [0.2, 0.25) is 0 Å². The largest absolute Gasteiger partial charge is 0.313 e. The number of hydrogen-bond acceptors (Lipinski definition) is 3. The molecule has 2 nitrogen and oxygen atoms in total. The molecule has 0 aliphatic carbocycles. The molecule has 15 heavy (non-hydrogen) atoms. The summed E-state index contributed by atoms with van der Waals surface area (Å²) in [6.45, 7) is 7.43. The number of nitrogens with one attached hydrogen (secondary N) is 1. The second-order valence-corrected chi connectivity index (χ2v) is 6.25. The maximum absolute atomic E-state index is 3.57. The summed E-state index contributed by atoms with van der Waals surface area (Å²) >= 11 is 2.13. The molecule has 0 aromatic heterocycles. The zero-order valence-electron chi connectivity index (χ0n) is 9.87. The Balaban J connectivity index is 1.76. The molecule has 0 amide bonds. The van der Waals surface area contributed by atoms with Gasteiger partial charge in [-0.3, -0.25) is 0 Å². The normalized spacial score (nSPS) is 31.4. The molecule has 0 aromatic carbocycles. The maximum atomic E-state index is 3.57. The topological polar surface area (TPSA) is 15.3 Å². The van der Waals surface area contributed by atoms with E-state index >= 15 is 0 Å². The third-order valence-electron chi connectivity index (χ3n) is 3.53. The molecule has 2 saturated heterocycles. The van der Waals surface area contributed by atoms with Gasteiger partial charge in [-0.2, -0.15) is 11.8 Å². The van der Waals surface area contributed by atoms with E-state index in [1.807, 2.05) is 0 Å². The van der Waals surface area contributed by atoms with Gasteiger partial charge in [-0.05, 0) is 56.7 Å². The molecule has 2 aliphatic heterocycles. The number of rotatable bonds is 2. The minimum atomic E-state index is 0.686. The summed E-state index contributed by atoms with van der Waals surface area (Å²) in [7, 11) is 0. The van der Waals surface area contributed by atoms with Crippen molar-refractivity contribution in [2.24, 2.45) is 5.92 Å². The highest BCUT2D eigenvalue weighted by Crippen LogP contribution is 2.23. The summed E-state index contributed by atoms with van der Waals surface area (Å²) in [5.74, 6) is 3.77. The Morgan fingerprint density at radius 3 is 2.93 bits per heavy atom. The predicted octanol–water partition coefficient (Wildman–Crippen LogP) is 1.81. The Bertz CT molecular complexity index is 180. The van der Waals surface area contributed by atoms with Crippen molar-refractivity contribution < 1.29 is 0 Å². The highest BCUT2D eigenvalue weighted by Gasteiger charge is 2.19. The van der Waals surface area contributed by atoms with E-state index in [0.717, 1.165) is 5.92 Å². The molecule has 88 valence electrons. The van der Waals surface area contributed by atoms with Crippen LogP contribution in [0.1, 0.15) is 26.2 Å². The fourth-order valence-electron chi connectivity index (χ4n) is 2.65. The van der Waals surface area contributed by atoms with E-state index in [2.05, 4.69) is 28.9 Å². The molecule has 0 aromatic rings. The molecule has 0 saturated carbocycles. The lowest BCUT2D eigenvalue weighted by Crippen LogP contribution is -2.38. The zero-order valence-corrected chi connectivity index (χ0v) is 10.7. The first-order chi connectivity index (χ1) is 7.34. The van der Waals surface area contributed by atoms with Gasteiger partial charge in [0, 0.05) is 19.1 Å². The monoisotopic (exact) mass is 228 g/mol. The van der Waals surface area contributed by atoms with Crippen LogP contribution >= 0.6 is 11.8 Å². The quantitative estimate of drug-likeness (QED) is 0.776. The minimum Gasteiger partial charge on any atom is -0.313 e. The van der Waals surface area contributed by atoms with Crippen molar-refractivity contribution in [2.75, 3.05) is 37.7 Å². The fraction of sp³-hybridized carbons (Fsp3) is 1.00. The van der Waals surface area contributed by atoms with E-state index in [-0.39, 0.29) is 0 Å². The van der Waals surface area contributed by atoms with Gasteiger partial charge in [0.05, 0.1) is 0 Å². The van der Waals surface area contributed by atoms with Gasteiger partial charge in [0.25, 0.3) is 0 Å². The van der Waals surface area contributed by atoms with Crippen molar-refractivity contribution in [1.82, 2.24) is 10.2 Å². The van der Waals surface area contributed by atoms with Gasteiger partial charge in [0.15, 0.2) is 0 Å². The molecule has 2 heterocycles.